The Balaban J connectivity index is 5.26. The number of hydrogen-bond acceptors (Lipinski definition) is 15. The van der Waals surface area contributed by atoms with E-state index < -0.39 is 97.5 Å². The number of carbonyl (C=O) groups excluding carboxylic acids is 4. The number of aliphatic hydroxyl groups excluding tert-OH is 1. The molecule has 0 radical (unpaired) electrons. The molecule has 0 saturated carbocycles. The molecule has 0 bridgehead atoms. The van der Waals surface area contributed by atoms with E-state index >= 15 is 0 Å². The number of phosphoric ester groups is 2. The van der Waals surface area contributed by atoms with Crippen LogP contribution < -0.4 is 0 Å². The van der Waals surface area contributed by atoms with E-state index in [1.54, 1.807) is 0 Å². The molecule has 17 nitrogen and oxygen atoms in total. The van der Waals surface area contributed by atoms with E-state index in [1.807, 2.05) is 0 Å². The van der Waals surface area contributed by atoms with E-state index in [9.17, 15) is 43.2 Å². The Labute approximate surface area is 592 Å². The monoisotopic (exact) mass is 1420 g/mol. The fourth-order valence-corrected chi connectivity index (χ4v) is 13.0. The highest BCUT2D eigenvalue weighted by molar-refractivity contribution is 7.47. The highest BCUT2D eigenvalue weighted by Gasteiger charge is 2.30. The SMILES string of the molecule is CCCCCC/C=C\C=C/CCCCCCCC(=O)O[C@H](COC(=O)CCCCCCCCC(C)C)COP(=O)(O)OC[C@H](O)COP(=O)(O)OC[C@@H](COC(=O)CCCCCCCCCCCCC(C)CC)OC(=O)CCCCCCCCCCCCCCCCCCC(C)C. The zero-order valence-electron chi connectivity index (χ0n) is 63.0. The summed E-state index contributed by atoms with van der Waals surface area (Å²) in [5.41, 5.74) is 0. The second-order valence-electron chi connectivity index (χ2n) is 28.6. The van der Waals surface area contributed by atoms with Crippen LogP contribution in [0.5, 0.6) is 0 Å². The lowest BCUT2D eigenvalue weighted by Gasteiger charge is -2.21. The van der Waals surface area contributed by atoms with Crippen LogP contribution >= 0.6 is 15.6 Å². The molecule has 0 fully saturated rings. The maximum atomic E-state index is 13.1. The van der Waals surface area contributed by atoms with Crippen molar-refractivity contribution in [3.8, 4) is 0 Å². The molecule has 97 heavy (non-hydrogen) atoms. The van der Waals surface area contributed by atoms with Crippen molar-refractivity contribution >= 4 is 39.5 Å². The number of carbonyl (C=O) groups is 4. The number of hydrogen-bond donors (Lipinski definition) is 3. The molecule has 19 heteroatoms. The number of unbranched alkanes of at least 4 members (excludes halogenated alkanes) is 38. The van der Waals surface area contributed by atoms with Crippen molar-refractivity contribution in [3.63, 3.8) is 0 Å². The first kappa shape index (κ1) is 94.5. The lowest BCUT2D eigenvalue weighted by atomic mass is 9.99. The van der Waals surface area contributed by atoms with E-state index in [-0.39, 0.29) is 25.7 Å². The van der Waals surface area contributed by atoms with E-state index in [1.165, 1.54) is 167 Å². The quantitative estimate of drug-likeness (QED) is 0.0169. The second-order valence-corrected chi connectivity index (χ2v) is 31.5. The molecule has 0 aliphatic rings. The third-order valence-corrected chi connectivity index (χ3v) is 19.8. The molecule has 0 aliphatic carbocycles. The molecule has 0 aromatic rings. The lowest BCUT2D eigenvalue weighted by Crippen LogP contribution is -2.30. The summed E-state index contributed by atoms with van der Waals surface area (Å²) in [6.07, 6.45) is 57.8. The molecule has 0 aromatic heterocycles. The van der Waals surface area contributed by atoms with E-state index in [2.05, 4.69) is 72.8 Å². The fraction of sp³-hybridized carbons (Fsp3) is 0.897. The average Bonchev–Trinajstić information content (AvgIpc) is 1.25. The van der Waals surface area contributed by atoms with Crippen molar-refractivity contribution in [2.45, 2.75) is 394 Å². The topological polar surface area (TPSA) is 237 Å². The highest BCUT2D eigenvalue weighted by atomic mass is 31.2. The highest BCUT2D eigenvalue weighted by Crippen LogP contribution is 2.45. The summed E-state index contributed by atoms with van der Waals surface area (Å²) in [6.45, 7) is 11.8. The van der Waals surface area contributed by atoms with Crippen LogP contribution in [-0.4, -0.2) is 96.7 Å². The first-order valence-electron chi connectivity index (χ1n) is 39.7. The molecule has 0 aliphatic heterocycles. The van der Waals surface area contributed by atoms with Crippen molar-refractivity contribution in [1.29, 1.82) is 0 Å². The number of esters is 4. The van der Waals surface area contributed by atoms with Crippen LogP contribution in [0.1, 0.15) is 376 Å². The fourth-order valence-electron chi connectivity index (χ4n) is 11.4. The van der Waals surface area contributed by atoms with E-state index in [0.29, 0.717) is 31.6 Å². The van der Waals surface area contributed by atoms with Gasteiger partial charge in [0.05, 0.1) is 26.4 Å². The van der Waals surface area contributed by atoms with Gasteiger partial charge in [0.1, 0.15) is 19.3 Å². The summed E-state index contributed by atoms with van der Waals surface area (Å²) in [5, 5.41) is 10.6. The van der Waals surface area contributed by atoms with Crippen molar-refractivity contribution in [1.82, 2.24) is 0 Å². The summed E-state index contributed by atoms with van der Waals surface area (Å²) in [6, 6.07) is 0. The second kappa shape index (κ2) is 68.0. The summed E-state index contributed by atoms with van der Waals surface area (Å²) in [4.78, 5) is 72.8. The largest absolute Gasteiger partial charge is 0.472 e. The third kappa shape index (κ3) is 70.4. The van der Waals surface area contributed by atoms with Crippen LogP contribution in [0, 0.1) is 17.8 Å². The third-order valence-electron chi connectivity index (χ3n) is 17.9. The predicted octanol–water partition coefficient (Wildman–Crippen LogP) is 22.5. The molecule has 0 aromatic carbocycles. The molecule has 0 rings (SSSR count). The summed E-state index contributed by atoms with van der Waals surface area (Å²) >= 11 is 0. The molecule has 0 spiro atoms. The first-order chi connectivity index (χ1) is 46.8. The Bertz CT molecular complexity index is 1980. The van der Waals surface area contributed by atoms with E-state index in [4.69, 9.17) is 37.0 Å². The number of aliphatic hydroxyl groups is 1. The van der Waals surface area contributed by atoms with Crippen LogP contribution in [-0.2, 0) is 65.4 Å². The normalized spacial score (nSPS) is 14.5. The zero-order valence-corrected chi connectivity index (χ0v) is 64.8. The molecule has 3 unspecified atom stereocenters. The minimum absolute atomic E-state index is 0.0838. The Morgan fingerprint density at radius 1 is 0.340 bits per heavy atom. The molecular weight excluding hydrogens is 1270 g/mol. The Hall–Kier alpha value is -2.46. The van der Waals surface area contributed by atoms with Crippen molar-refractivity contribution in [2.75, 3.05) is 39.6 Å². The van der Waals surface area contributed by atoms with Gasteiger partial charge in [-0.2, -0.15) is 0 Å². The van der Waals surface area contributed by atoms with Gasteiger partial charge in [-0.05, 0) is 69.1 Å². The smallest absolute Gasteiger partial charge is 0.462 e. The number of allylic oxidation sites excluding steroid dienone is 4. The average molecular weight is 1420 g/mol. The van der Waals surface area contributed by atoms with Gasteiger partial charge in [-0.1, -0.05) is 323 Å². The van der Waals surface area contributed by atoms with Crippen LogP contribution in [0.2, 0.25) is 0 Å². The van der Waals surface area contributed by atoms with Gasteiger partial charge in [0.25, 0.3) is 0 Å². The molecule has 3 N–H and O–H groups in total. The van der Waals surface area contributed by atoms with Gasteiger partial charge in [-0.25, -0.2) is 9.13 Å². The minimum Gasteiger partial charge on any atom is -0.462 e. The zero-order chi connectivity index (χ0) is 71.6. The van der Waals surface area contributed by atoms with Gasteiger partial charge in [0, 0.05) is 25.7 Å². The lowest BCUT2D eigenvalue weighted by molar-refractivity contribution is -0.161. The molecule has 6 atom stereocenters. The number of phosphoric acid groups is 2. The van der Waals surface area contributed by atoms with Gasteiger partial charge in [0.2, 0.25) is 0 Å². The molecule has 0 heterocycles. The maximum Gasteiger partial charge on any atom is 0.472 e. The van der Waals surface area contributed by atoms with Crippen LogP contribution in [0.15, 0.2) is 24.3 Å². The summed E-state index contributed by atoms with van der Waals surface area (Å²) in [5.74, 6) is 0.144. The van der Waals surface area contributed by atoms with Crippen LogP contribution in [0.3, 0.4) is 0 Å². The molecule has 572 valence electrons. The predicted molar refractivity (Wildman–Crippen MR) is 395 cm³/mol. The summed E-state index contributed by atoms with van der Waals surface area (Å²) < 4.78 is 68.5. The van der Waals surface area contributed by atoms with E-state index in [0.717, 1.165) is 121 Å². The maximum absolute atomic E-state index is 13.1. The number of rotatable bonds is 74. The molecule has 0 amide bonds. The Morgan fingerprint density at radius 2 is 0.608 bits per heavy atom. The van der Waals surface area contributed by atoms with Gasteiger partial charge >= 0.3 is 39.5 Å². The van der Waals surface area contributed by atoms with Crippen LogP contribution in [0.4, 0.5) is 0 Å². The van der Waals surface area contributed by atoms with Gasteiger partial charge in [-0.3, -0.25) is 37.3 Å². The Kier molecular flexibility index (Phi) is 66.3. The van der Waals surface area contributed by atoms with Crippen molar-refractivity contribution in [2.24, 2.45) is 17.8 Å². The van der Waals surface area contributed by atoms with Crippen LogP contribution in [0.25, 0.3) is 0 Å². The van der Waals surface area contributed by atoms with Gasteiger partial charge in [0.15, 0.2) is 12.2 Å². The van der Waals surface area contributed by atoms with Gasteiger partial charge in [-0.15, -0.1) is 0 Å². The Morgan fingerprint density at radius 3 is 0.918 bits per heavy atom. The minimum atomic E-state index is -4.96. The summed E-state index contributed by atoms with van der Waals surface area (Å²) in [7, 11) is -9.93. The molecular formula is C78H148O17P2. The van der Waals surface area contributed by atoms with Crippen molar-refractivity contribution in [3.05, 3.63) is 24.3 Å². The standard InChI is InChI=1S/C78H148O17P2/c1-8-10-11-12-13-14-15-16-19-23-26-33-38-47-54-62-78(83)95-74(66-89-76(81)60-53-46-41-40-43-50-57-70(5)6)68-93-97(86,87)91-64-72(79)63-90-96(84,85)92-67-73(65-88-75(80)59-52-45-37-32-29-28-31-36-44-51-58-71(7)9-2)94-77(82)61-55-48-39-34-27-24-21-18-17-20-22-25-30-35-42-49-56-69(3)4/h14-16,19,69-74,79H,8-13,17-18,20-68H2,1-7H3,(H,84,85)(H,86,87)/b15-14-,19-16-/t71?,72-,73-,74-/m1/s1. The first-order valence-corrected chi connectivity index (χ1v) is 42.7. The van der Waals surface area contributed by atoms with Crippen molar-refractivity contribution < 1.29 is 80.2 Å². The number of ether oxygens (including phenoxy) is 4. The van der Waals surface area contributed by atoms with Gasteiger partial charge < -0.3 is 33.8 Å². The molecule has 0 saturated heterocycles.